The van der Waals surface area contributed by atoms with Crippen LogP contribution >= 0.6 is 0 Å². The van der Waals surface area contributed by atoms with Gasteiger partial charge in [-0.2, -0.15) is 5.10 Å². The SMILES string of the molecule is CCN(C)C1C=CC2C[C@](C)(c3n[nH]c4c3CCC(C)(C)C4)NC2C1. The van der Waals surface area contributed by atoms with E-state index in [-0.39, 0.29) is 5.54 Å². The van der Waals surface area contributed by atoms with Crippen LogP contribution in [0.4, 0.5) is 0 Å². The van der Waals surface area contributed by atoms with Gasteiger partial charge in [-0.15, -0.1) is 0 Å². The van der Waals surface area contributed by atoms with Crippen molar-refractivity contribution in [1.29, 1.82) is 0 Å². The monoisotopic (exact) mass is 342 g/mol. The van der Waals surface area contributed by atoms with Gasteiger partial charge in [-0.05, 0) is 69.5 Å². The van der Waals surface area contributed by atoms with Crippen LogP contribution in [-0.2, 0) is 18.4 Å². The maximum Gasteiger partial charge on any atom is 0.0855 e. The van der Waals surface area contributed by atoms with E-state index in [9.17, 15) is 0 Å². The molecule has 2 aliphatic carbocycles. The highest BCUT2D eigenvalue weighted by atomic mass is 15.2. The molecule has 3 aliphatic rings. The van der Waals surface area contributed by atoms with Crippen molar-refractivity contribution in [2.75, 3.05) is 13.6 Å². The van der Waals surface area contributed by atoms with E-state index in [2.05, 4.69) is 62.2 Å². The Morgan fingerprint density at radius 2 is 2.08 bits per heavy atom. The smallest absolute Gasteiger partial charge is 0.0855 e. The minimum atomic E-state index is 0.00488. The molecule has 4 nitrogen and oxygen atoms in total. The first kappa shape index (κ1) is 17.3. The number of hydrogen-bond acceptors (Lipinski definition) is 3. The van der Waals surface area contributed by atoms with Gasteiger partial charge in [0.1, 0.15) is 0 Å². The van der Waals surface area contributed by atoms with Gasteiger partial charge in [0, 0.05) is 17.8 Å². The molecular weight excluding hydrogens is 308 g/mol. The Labute approximate surface area is 152 Å². The van der Waals surface area contributed by atoms with E-state index >= 15 is 0 Å². The van der Waals surface area contributed by atoms with Gasteiger partial charge in [-0.25, -0.2) is 0 Å². The largest absolute Gasteiger partial charge is 0.303 e. The minimum absolute atomic E-state index is 0.00488. The molecule has 4 atom stereocenters. The quantitative estimate of drug-likeness (QED) is 0.828. The van der Waals surface area contributed by atoms with Gasteiger partial charge in [0.25, 0.3) is 0 Å². The summed E-state index contributed by atoms with van der Waals surface area (Å²) in [6.45, 7) is 10.5. The van der Waals surface area contributed by atoms with Crippen molar-refractivity contribution in [2.24, 2.45) is 11.3 Å². The lowest BCUT2D eigenvalue weighted by Crippen LogP contribution is -2.44. The van der Waals surface area contributed by atoms with Crippen LogP contribution in [0.25, 0.3) is 0 Å². The Bertz CT molecular complexity index is 673. The van der Waals surface area contributed by atoms with Crippen LogP contribution in [-0.4, -0.2) is 40.8 Å². The maximum absolute atomic E-state index is 4.82. The summed E-state index contributed by atoms with van der Waals surface area (Å²) in [6, 6.07) is 1.14. The van der Waals surface area contributed by atoms with Gasteiger partial charge in [-0.1, -0.05) is 32.9 Å². The first-order valence-electron chi connectivity index (χ1n) is 10.0. The second-order valence-electron chi connectivity index (χ2n) is 9.58. The zero-order chi connectivity index (χ0) is 17.8. The highest BCUT2D eigenvalue weighted by Gasteiger charge is 2.47. The summed E-state index contributed by atoms with van der Waals surface area (Å²) in [5.74, 6) is 0.638. The predicted molar refractivity (Wildman–Crippen MR) is 103 cm³/mol. The summed E-state index contributed by atoms with van der Waals surface area (Å²) in [4.78, 5) is 2.45. The van der Waals surface area contributed by atoms with Crippen LogP contribution in [0.5, 0.6) is 0 Å². The molecule has 1 aliphatic heterocycles. The van der Waals surface area contributed by atoms with Gasteiger partial charge in [0.2, 0.25) is 0 Å². The molecule has 0 radical (unpaired) electrons. The summed E-state index contributed by atoms with van der Waals surface area (Å²) < 4.78 is 0. The molecule has 138 valence electrons. The van der Waals surface area contributed by atoms with E-state index < -0.39 is 0 Å². The fourth-order valence-corrected chi connectivity index (χ4v) is 5.26. The first-order chi connectivity index (χ1) is 11.8. The molecule has 0 amide bonds. The number of fused-ring (bicyclic) bond motifs is 2. The fraction of sp³-hybridized carbons (Fsp3) is 0.762. The number of rotatable bonds is 3. The number of nitrogens with zero attached hydrogens (tertiary/aromatic N) is 2. The Morgan fingerprint density at radius 3 is 2.84 bits per heavy atom. The molecular formula is C21H34N4. The van der Waals surface area contributed by atoms with Crippen LogP contribution < -0.4 is 5.32 Å². The molecule has 4 rings (SSSR count). The topological polar surface area (TPSA) is 44.0 Å². The highest BCUT2D eigenvalue weighted by molar-refractivity contribution is 5.35. The average Bonchev–Trinajstić information content (AvgIpc) is 3.12. The van der Waals surface area contributed by atoms with Gasteiger partial charge in [-0.3, -0.25) is 5.10 Å². The summed E-state index contributed by atoms with van der Waals surface area (Å²) in [7, 11) is 2.23. The van der Waals surface area contributed by atoms with Gasteiger partial charge >= 0.3 is 0 Å². The second kappa shape index (κ2) is 5.95. The predicted octanol–water partition coefficient (Wildman–Crippen LogP) is 3.40. The average molecular weight is 343 g/mol. The van der Waals surface area contributed by atoms with Gasteiger partial charge in [0.15, 0.2) is 0 Å². The summed E-state index contributed by atoms with van der Waals surface area (Å²) >= 11 is 0. The third-order valence-corrected chi connectivity index (χ3v) is 6.99. The van der Waals surface area contributed by atoms with Gasteiger partial charge < -0.3 is 10.2 Å². The lowest BCUT2D eigenvalue weighted by molar-refractivity contribution is 0.244. The Balaban J connectivity index is 1.56. The van der Waals surface area contributed by atoms with Crippen molar-refractivity contribution >= 4 is 0 Å². The van der Waals surface area contributed by atoms with E-state index in [0.29, 0.717) is 23.4 Å². The van der Waals surface area contributed by atoms with Crippen molar-refractivity contribution in [3.8, 4) is 0 Å². The Hall–Kier alpha value is -1.13. The molecule has 0 bridgehead atoms. The van der Waals surface area contributed by atoms with Crippen LogP contribution in [0.15, 0.2) is 12.2 Å². The number of aromatic nitrogens is 2. The molecule has 2 N–H and O–H groups in total. The molecule has 1 aromatic rings. The van der Waals surface area contributed by atoms with Crippen molar-refractivity contribution in [2.45, 2.75) is 77.4 Å². The van der Waals surface area contributed by atoms with Crippen LogP contribution in [0, 0.1) is 11.3 Å². The van der Waals surface area contributed by atoms with E-state index in [1.165, 1.54) is 29.8 Å². The number of aromatic amines is 1. The minimum Gasteiger partial charge on any atom is -0.303 e. The molecule has 3 unspecified atom stereocenters. The molecule has 25 heavy (non-hydrogen) atoms. The van der Waals surface area contributed by atoms with Crippen molar-refractivity contribution in [3.63, 3.8) is 0 Å². The normalized spacial score (nSPS) is 36.5. The lowest BCUT2D eigenvalue weighted by atomic mass is 9.74. The number of nitrogens with one attached hydrogen (secondary N) is 2. The van der Waals surface area contributed by atoms with Crippen molar-refractivity contribution < 1.29 is 0 Å². The molecule has 0 spiro atoms. The van der Waals surface area contributed by atoms with Crippen LogP contribution in [0.3, 0.4) is 0 Å². The maximum atomic E-state index is 4.82. The zero-order valence-electron chi connectivity index (χ0n) is 16.5. The Morgan fingerprint density at radius 1 is 1.28 bits per heavy atom. The summed E-state index contributed by atoms with van der Waals surface area (Å²) in [6.07, 6.45) is 10.8. The number of likely N-dealkylation sites (N-methyl/N-ethyl adjacent to an activating group) is 1. The molecule has 1 fully saturated rings. The third kappa shape index (κ3) is 2.97. The highest BCUT2D eigenvalue weighted by Crippen LogP contribution is 2.44. The molecule has 2 heterocycles. The van der Waals surface area contributed by atoms with E-state index in [1.54, 1.807) is 0 Å². The standard InChI is InChI=1S/C21H34N4/c1-6-25(5)15-8-7-14-12-21(4,22-17(14)11-15)19-16-9-10-20(2,3)13-18(16)23-24-19/h7-8,14-15,17,22H,6,9-13H2,1-5H3,(H,23,24)/t14?,15?,17?,21-/m1/s1. The molecule has 4 heteroatoms. The van der Waals surface area contributed by atoms with E-state index in [1.807, 2.05) is 0 Å². The van der Waals surface area contributed by atoms with Crippen LogP contribution in [0.2, 0.25) is 0 Å². The van der Waals surface area contributed by atoms with Crippen molar-refractivity contribution in [3.05, 3.63) is 29.1 Å². The van der Waals surface area contributed by atoms with Gasteiger partial charge in [0.05, 0.1) is 11.2 Å². The van der Waals surface area contributed by atoms with E-state index in [0.717, 1.165) is 25.8 Å². The molecule has 1 aromatic heterocycles. The molecule has 1 saturated heterocycles. The first-order valence-corrected chi connectivity index (χ1v) is 10.0. The summed E-state index contributed by atoms with van der Waals surface area (Å²) in [5.41, 5.74) is 4.57. The second-order valence-corrected chi connectivity index (χ2v) is 9.58. The lowest BCUT2D eigenvalue weighted by Gasteiger charge is -2.33. The zero-order valence-corrected chi connectivity index (χ0v) is 16.5. The third-order valence-electron chi connectivity index (χ3n) is 6.99. The van der Waals surface area contributed by atoms with Crippen LogP contribution in [0.1, 0.15) is 63.9 Å². The van der Waals surface area contributed by atoms with Crippen molar-refractivity contribution in [1.82, 2.24) is 20.4 Å². The summed E-state index contributed by atoms with van der Waals surface area (Å²) in [5, 5.41) is 12.2. The number of hydrogen-bond donors (Lipinski definition) is 2. The molecule has 0 saturated carbocycles. The number of H-pyrrole nitrogens is 1. The molecule has 0 aromatic carbocycles. The fourth-order valence-electron chi connectivity index (χ4n) is 5.26. The van der Waals surface area contributed by atoms with E-state index in [4.69, 9.17) is 5.10 Å². The Kier molecular flexibility index (Phi) is 4.12.